The van der Waals surface area contributed by atoms with Gasteiger partial charge in [-0.3, -0.25) is 3.56 Å². The van der Waals surface area contributed by atoms with Gasteiger partial charge >= 0.3 is 0 Å². The predicted molar refractivity (Wildman–Crippen MR) is 52.7 cm³/mol. The Bertz CT molecular complexity index is 142. The molecule has 0 aliphatic heterocycles. The van der Waals surface area contributed by atoms with E-state index >= 15 is 0 Å². The summed E-state index contributed by atoms with van der Waals surface area (Å²) < 4.78 is 8.22. The van der Waals surface area contributed by atoms with Gasteiger partial charge in [-0.25, -0.2) is 0 Å². The van der Waals surface area contributed by atoms with Crippen molar-refractivity contribution in [1.29, 1.82) is 3.56 Å². The Morgan fingerprint density at radius 1 is 1.50 bits per heavy atom. The van der Waals surface area contributed by atoms with Gasteiger partial charge in [-0.2, -0.15) is 0 Å². The monoisotopic (exact) mass is 253 g/mol. The third-order valence-corrected chi connectivity index (χ3v) is 5.41. The first-order valence-electron chi connectivity index (χ1n) is 3.85. The Kier molecular flexibility index (Phi) is 2.48. The molecule has 1 nitrogen and oxygen atoms in total. The van der Waals surface area contributed by atoms with Crippen LogP contribution in [0.25, 0.3) is 0 Å². The highest BCUT2D eigenvalue weighted by atomic mass is 127. The Morgan fingerprint density at radius 3 is 2.30 bits per heavy atom. The third-order valence-electron chi connectivity index (χ3n) is 2.46. The molecule has 1 unspecified atom stereocenters. The summed E-state index contributed by atoms with van der Waals surface area (Å²) in [6.45, 7) is 6.98. The summed E-state index contributed by atoms with van der Waals surface area (Å²) >= 11 is -0.263. The molecule has 10 heavy (non-hydrogen) atoms. The fourth-order valence-electron chi connectivity index (χ4n) is 1.97. The molecular weight excluding hydrogens is 237 g/mol. The quantitative estimate of drug-likeness (QED) is 0.546. The summed E-state index contributed by atoms with van der Waals surface area (Å²) in [6, 6.07) is 0. The lowest BCUT2D eigenvalue weighted by molar-refractivity contribution is 0.382. The van der Waals surface area contributed by atoms with Gasteiger partial charge in [0.15, 0.2) is 0 Å². The Hall–Kier alpha value is 0.530. The Balaban J connectivity index is 2.67. The largest absolute Gasteiger partial charge is 0.278 e. The minimum absolute atomic E-state index is 0.263. The second-order valence-electron chi connectivity index (χ2n) is 4.11. The molecule has 0 aromatic heterocycles. The molecule has 60 valence electrons. The first-order valence-corrected chi connectivity index (χ1v) is 6.18. The minimum Gasteiger partial charge on any atom is -0.278 e. The van der Waals surface area contributed by atoms with E-state index in [9.17, 15) is 0 Å². The van der Waals surface area contributed by atoms with Crippen LogP contribution in [0.5, 0.6) is 0 Å². The lowest BCUT2D eigenvalue weighted by Gasteiger charge is -2.21. The molecule has 2 atom stereocenters. The number of nitrogens with one attached hydrogen (secondary N) is 1. The van der Waals surface area contributed by atoms with Gasteiger partial charge in [-0.15, -0.1) is 0 Å². The molecule has 0 heterocycles. The van der Waals surface area contributed by atoms with Crippen LogP contribution in [-0.4, -0.2) is 3.92 Å². The molecule has 1 saturated carbocycles. The average Bonchev–Trinajstić information content (AvgIpc) is 2.04. The maximum Gasteiger partial charge on any atom is 0.0277 e. The van der Waals surface area contributed by atoms with Crippen molar-refractivity contribution in [2.75, 3.05) is 0 Å². The summed E-state index contributed by atoms with van der Waals surface area (Å²) in [5.74, 6) is 0.880. The van der Waals surface area contributed by atoms with E-state index in [1.54, 1.807) is 0 Å². The lowest BCUT2D eigenvalue weighted by Crippen LogP contribution is -2.16. The number of rotatable bonds is 1. The van der Waals surface area contributed by atoms with Crippen LogP contribution in [0.4, 0.5) is 0 Å². The van der Waals surface area contributed by atoms with Crippen molar-refractivity contribution in [3.05, 3.63) is 0 Å². The van der Waals surface area contributed by atoms with Crippen molar-refractivity contribution in [2.45, 2.75) is 37.5 Å². The topological polar surface area (TPSA) is 23.9 Å². The molecule has 1 aliphatic rings. The van der Waals surface area contributed by atoms with Crippen LogP contribution in [0.2, 0.25) is 0 Å². The molecule has 0 aromatic carbocycles. The van der Waals surface area contributed by atoms with Crippen molar-refractivity contribution in [3.8, 4) is 0 Å². The molecule has 1 aliphatic carbocycles. The number of hydrogen-bond donors (Lipinski definition) is 1. The van der Waals surface area contributed by atoms with Crippen LogP contribution in [0.3, 0.4) is 0 Å². The number of halogens is 1. The van der Waals surface area contributed by atoms with E-state index in [1.165, 1.54) is 12.8 Å². The van der Waals surface area contributed by atoms with Crippen LogP contribution in [0, 0.1) is 14.9 Å². The molecule has 0 spiro atoms. The summed E-state index contributed by atoms with van der Waals surface area (Å²) in [4.78, 5) is 0. The van der Waals surface area contributed by atoms with E-state index in [0.717, 1.165) is 9.84 Å². The van der Waals surface area contributed by atoms with Crippen molar-refractivity contribution in [3.63, 3.8) is 0 Å². The van der Waals surface area contributed by atoms with Crippen LogP contribution < -0.4 is 0 Å². The van der Waals surface area contributed by atoms with Crippen LogP contribution in [0.15, 0.2) is 0 Å². The van der Waals surface area contributed by atoms with Gasteiger partial charge in [-0.1, -0.05) is 20.8 Å². The summed E-state index contributed by atoms with van der Waals surface area (Å²) in [5.41, 5.74) is 0.494. The van der Waals surface area contributed by atoms with E-state index in [1.807, 2.05) is 0 Å². The zero-order valence-corrected chi connectivity index (χ0v) is 9.10. The maximum absolute atomic E-state index is 7.46. The molecule has 0 radical (unpaired) electrons. The number of alkyl halides is 1. The first-order chi connectivity index (χ1) is 4.56. The molecule has 1 rings (SSSR count). The smallest absolute Gasteiger partial charge is 0.0277 e. The van der Waals surface area contributed by atoms with Crippen LogP contribution in [0.1, 0.15) is 33.6 Å². The SMILES string of the molecule is C[C@@H]1CC(I=N)C(C)(C)C1. The molecule has 0 aromatic rings. The van der Waals surface area contributed by atoms with Crippen molar-refractivity contribution in [1.82, 2.24) is 0 Å². The lowest BCUT2D eigenvalue weighted by atomic mass is 9.91. The van der Waals surface area contributed by atoms with Crippen LogP contribution in [-0.2, 0) is 0 Å². The van der Waals surface area contributed by atoms with Crippen molar-refractivity contribution in [2.24, 2.45) is 11.3 Å². The molecule has 0 saturated heterocycles. The van der Waals surface area contributed by atoms with E-state index in [0.29, 0.717) is 5.41 Å². The summed E-state index contributed by atoms with van der Waals surface area (Å²) in [5, 5.41) is 0. The molecular formula is C8H16IN. The zero-order chi connectivity index (χ0) is 7.78. The normalized spacial score (nSPS) is 38.3. The first kappa shape index (κ1) is 8.62. The fourth-order valence-corrected chi connectivity index (χ4v) is 4.19. The van der Waals surface area contributed by atoms with Gasteiger partial charge in [0.1, 0.15) is 0 Å². The minimum atomic E-state index is -0.263. The van der Waals surface area contributed by atoms with Gasteiger partial charge in [0.25, 0.3) is 0 Å². The Labute approximate surface area is 73.5 Å². The highest BCUT2D eigenvalue weighted by Crippen LogP contribution is 2.47. The van der Waals surface area contributed by atoms with E-state index < -0.39 is 0 Å². The van der Waals surface area contributed by atoms with E-state index in [4.69, 9.17) is 3.56 Å². The molecule has 1 N–H and O–H groups in total. The standard InChI is InChI=1S/C8H16IN/c1-6-4-7(9-10)8(2,3)5-6/h6-7,10H,4-5H2,1-3H3/t6-,7?/m1/s1. The van der Waals surface area contributed by atoms with Gasteiger partial charge in [0.2, 0.25) is 0 Å². The third kappa shape index (κ3) is 1.57. The Morgan fingerprint density at radius 2 is 2.10 bits per heavy atom. The van der Waals surface area contributed by atoms with Gasteiger partial charge < -0.3 is 0 Å². The number of hydrogen-bond acceptors (Lipinski definition) is 1. The van der Waals surface area contributed by atoms with Gasteiger partial charge in [-0.05, 0) is 45.2 Å². The fraction of sp³-hybridized carbons (Fsp3) is 1.00. The van der Waals surface area contributed by atoms with Gasteiger partial charge in [0, 0.05) is 3.92 Å². The molecule has 0 bridgehead atoms. The van der Waals surface area contributed by atoms with Crippen molar-refractivity contribution >= 4 is 21.0 Å². The zero-order valence-electron chi connectivity index (χ0n) is 6.95. The van der Waals surface area contributed by atoms with E-state index in [2.05, 4.69) is 20.8 Å². The maximum atomic E-state index is 7.46. The molecule has 1 fully saturated rings. The molecule has 0 amide bonds. The second kappa shape index (κ2) is 2.88. The predicted octanol–water partition coefficient (Wildman–Crippen LogP) is 3.54. The highest BCUT2D eigenvalue weighted by molar-refractivity contribution is 14.1. The molecule has 2 heteroatoms. The highest BCUT2D eigenvalue weighted by Gasteiger charge is 2.37. The van der Waals surface area contributed by atoms with E-state index in [-0.39, 0.29) is 21.0 Å². The summed E-state index contributed by atoms with van der Waals surface area (Å²) in [7, 11) is 0. The second-order valence-corrected chi connectivity index (χ2v) is 6.24. The van der Waals surface area contributed by atoms with Crippen LogP contribution >= 0.6 is 21.0 Å². The van der Waals surface area contributed by atoms with Crippen molar-refractivity contribution < 1.29 is 0 Å². The van der Waals surface area contributed by atoms with Gasteiger partial charge in [0.05, 0.1) is 0 Å². The summed E-state index contributed by atoms with van der Waals surface area (Å²) in [6.07, 6.45) is 2.67. The average molecular weight is 253 g/mol.